The second-order valence-corrected chi connectivity index (χ2v) is 6.35. The first kappa shape index (κ1) is 18.5. The number of hydrogen-bond acceptors (Lipinski definition) is 7. The lowest BCUT2D eigenvalue weighted by molar-refractivity contribution is 0.0494. The van der Waals surface area contributed by atoms with Crippen molar-refractivity contribution in [2.24, 2.45) is 0 Å². The van der Waals surface area contributed by atoms with Gasteiger partial charge < -0.3 is 18.9 Å². The molecule has 0 spiro atoms. The van der Waals surface area contributed by atoms with E-state index in [1.165, 1.54) is 0 Å². The molecular formula is C18H24N4O4. The summed E-state index contributed by atoms with van der Waals surface area (Å²) in [6.07, 6.45) is 3.27. The lowest BCUT2D eigenvalue weighted by atomic mass is 9.96. The Morgan fingerprint density at radius 2 is 2.12 bits per heavy atom. The van der Waals surface area contributed by atoms with Gasteiger partial charge in [-0.15, -0.1) is 0 Å². The first-order valence-corrected chi connectivity index (χ1v) is 8.78. The fourth-order valence-electron chi connectivity index (χ4n) is 2.91. The van der Waals surface area contributed by atoms with Crippen molar-refractivity contribution in [1.29, 1.82) is 0 Å². The number of amides is 1. The largest absolute Gasteiger partial charge is 0.382 e. The quantitative estimate of drug-likeness (QED) is 0.697. The number of piperidine rings is 1. The topological polar surface area (TPSA) is 90.6 Å². The number of likely N-dealkylation sites (tertiary alicyclic amines) is 1. The predicted octanol–water partition coefficient (Wildman–Crippen LogP) is 1.96. The number of rotatable bonds is 7. The third-order valence-electron chi connectivity index (χ3n) is 4.45. The Labute approximate surface area is 152 Å². The fraction of sp³-hybridized carbons (Fsp3) is 0.556. The van der Waals surface area contributed by atoms with Gasteiger partial charge in [0.05, 0.1) is 18.8 Å². The van der Waals surface area contributed by atoms with Crippen LogP contribution in [-0.2, 0) is 16.1 Å². The summed E-state index contributed by atoms with van der Waals surface area (Å²) in [4.78, 5) is 23.0. The van der Waals surface area contributed by atoms with Crippen LogP contribution in [0.1, 0.15) is 46.5 Å². The molecule has 0 unspecified atom stereocenters. The molecule has 0 aliphatic carbocycles. The van der Waals surface area contributed by atoms with Gasteiger partial charge in [0.25, 0.3) is 11.8 Å². The minimum atomic E-state index is 0.0243. The van der Waals surface area contributed by atoms with Crippen LogP contribution in [0.3, 0.4) is 0 Å². The standard InChI is InChI=1S/C18H24N4O4/c1-13-3-4-15(11-19-13)18(23)22-7-5-14(6-8-22)17-20-16(26-21-17)12-25-10-9-24-2/h3-4,11,14H,5-10,12H2,1-2H3. The molecule has 2 aromatic rings. The van der Waals surface area contributed by atoms with Crippen LogP contribution in [0.2, 0.25) is 0 Å². The van der Waals surface area contributed by atoms with Crippen molar-refractivity contribution in [3.05, 3.63) is 41.3 Å². The van der Waals surface area contributed by atoms with Crippen molar-refractivity contribution in [1.82, 2.24) is 20.0 Å². The van der Waals surface area contributed by atoms with E-state index in [-0.39, 0.29) is 18.4 Å². The zero-order chi connectivity index (χ0) is 18.4. The van der Waals surface area contributed by atoms with Gasteiger partial charge in [0.1, 0.15) is 6.61 Å². The number of aromatic nitrogens is 3. The van der Waals surface area contributed by atoms with Gasteiger partial charge in [0, 0.05) is 38.0 Å². The molecule has 1 saturated heterocycles. The molecule has 3 heterocycles. The molecule has 0 radical (unpaired) electrons. The van der Waals surface area contributed by atoms with E-state index in [0.717, 1.165) is 18.5 Å². The van der Waals surface area contributed by atoms with Crippen molar-refractivity contribution in [3.63, 3.8) is 0 Å². The Bertz CT molecular complexity index is 708. The fourth-order valence-corrected chi connectivity index (χ4v) is 2.91. The molecule has 0 aromatic carbocycles. The summed E-state index contributed by atoms with van der Waals surface area (Å²) >= 11 is 0. The van der Waals surface area contributed by atoms with Gasteiger partial charge in [-0.05, 0) is 31.9 Å². The number of nitrogens with zero attached hydrogens (tertiary/aromatic N) is 4. The minimum absolute atomic E-state index is 0.0243. The predicted molar refractivity (Wildman–Crippen MR) is 92.7 cm³/mol. The summed E-state index contributed by atoms with van der Waals surface area (Å²) in [5.74, 6) is 1.39. The Kier molecular flexibility index (Phi) is 6.30. The van der Waals surface area contributed by atoms with Gasteiger partial charge in [-0.3, -0.25) is 9.78 Å². The molecule has 1 amide bonds. The normalized spacial score (nSPS) is 15.4. The monoisotopic (exact) mass is 360 g/mol. The van der Waals surface area contributed by atoms with Crippen LogP contribution in [0.4, 0.5) is 0 Å². The van der Waals surface area contributed by atoms with E-state index in [0.29, 0.717) is 43.6 Å². The van der Waals surface area contributed by atoms with E-state index < -0.39 is 0 Å². The van der Waals surface area contributed by atoms with E-state index in [1.807, 2.05) is 24.0 Å². The average Bonchev–Trinajstić information content (AvgIpc) is 3.14. The molecule has 0 atom stereocenters. The van der Waals surface area contributed by atoms with Crippen molar-refractivity contribution in [3.8, 4) is 0 Å². The number of aryl methyl sites for hydroxylation is 1. The van der Waals surface area contributed by atoms with Gasteiger partial charge in [-0.2, -0.15) is 4.98 Å². The average molecular weight is 360 g/mol. The van der Waals surface area contributed by atoms with Gasteiger partial charge in [-0.1, -0.05) is 5.16 Å². The maximum absolute atomic E-state index is 12.5. The smallest absolute Gasteiger partial charge is 0.255 e. The summed E-state index contributed by atoms with van der Waals surface area (Å²) in [7, 11) is 1.63. The summed E-state index contributed by atoms with van der Waals surface area (Å²) in [6, 6.07) is 3.68. The summed E-state index contributed by atoms with van der Waals surface area (Å²) in [5, 5.41) is 4.07. The SMILES string of the molecule is COCCOCc1nc(C2CCN(C(=O)c3ccc(C)nc3)CC2)no1. The van der Waals surface area contributed by atoms with Gasteiger partial charge in [0.2, 0.25) is 0 Å². The molecule has 1 aliphatic heterocycles. The Morgan fingerprint density at radius 1 is 1.31 bits per heavy atom. The van der Waals surface area contributed by atoms with Gasteiger partial charge >= 0.3 is 0 Å². The first-order valence-electron chi connectivity index (χ1n) is 8.78. The van der Waals surface area contributed by atoms with E-state index in [9.17, 15) is 4.79 Å². The maximum Gasteiger partial charge on any atom is 0.255 e. The number of hydrogen-bond donors (Lipinski definition) is 0. The van der Waals surface area contributed by atoms with Crippen LogP contribution in [0.25, 0.3) is 0 Å². The zero-order valence-corrected chi connectivity index (χ0v) is 15.2. The van der Waals surface area contributed by atoms with Crippen LogP contribution in [-0.4, -0.2) is 59.3 Å². The molecule has 0 bridgehead atoms. The van der Waals surface area contributed by atoms with Crippen LogP contribution in [0.5, 0.6) is 0 Å². The Balaban J connectivity index is 1.49. The van der Waals surface area contributed by atoms with Crippen molar-refractivity contribution in [2.45, 2.75) is 32.3 Å². The lowest BCUT2D eigenvalue weighted by Crippen LogP contribution is -2.38. The van der Waals surface area contributed by atoms with Crippen molar-refractivity contribution >= 4 is 5.91 Å². The molecule has 8 heteroatoms. The van der Waals surface area contributed by atoms with Gasteiger partial charge in [0.15, 0.2) is 5.82 Å². The molecule has 140 valence electrons. The number of carbonyl (C=O) groups excluding carboxylic acids is 1. The van der Waals surface area contributed by atoms with Crippen LogP contribution >= 0.6 is 0 Å². The molecular weight excluding hydrogens is 336 g/mol. The summed E-state index contributed by atoms with van der Waals surface area (Å²) in [5.41, 5.74) is 1.53. The maximum atomic E-state index is 12.5. The van der Waals surface area contributed by atoms with E-state index in [1.54, 1.807) is 13.3 Å². The zero-order valence-electron chi connectivity index (χ0n) is 15.2. The Morgan fingerprint density at radius 3 is 2.81 bits per heavy atom. The number of methoxy groups -OCH3 is 1. The van der Waals surface area contributed by atoms with E-state index in [2.05, 4.69) is 15.1 Å². The van der Waals surface area contributed by atoms with Crippen LogP contribution in [0, 0.1) is 6.92 Å². The molecule has 0 saturated carbocycles. The molecule has 8 nitrogen and oxygen atoms in total. The Hall–Kier alpha value is -2.32. The van der Waals surface area contributed by atoms with Gasteiger partial charge in [-0.25, -0.2) is 0 Å². The third kappa shape index (κ3) is 4.64. The molecule has 1 fully saturated rings. The summed E-state index contributed by atoms with van der Waals surface area (Å²) in [6.45, 7) is 4.55. The highest BCUT2D eigenvalue weighted by atomic mass is 16.5. The second kappa shape index (κ2) is 8.86. The van der Waals surface area contributed by atoms with Crippen LogP contribution in [0.15, 0.2) is 22.9 Å². The third-order valence-corrected chi connectivity index (χ3v) is 4.45. The highest BCUT2D eigenvalue weighted by Crippen LogP contribution is 2.26. The first-order chi connectivity index (χ1) is 12.7. The van der Waals surface area contributed by atoms with Crippen molar-refractivity contribution < 1.29 is 18.8 Å². The van der Waals surface area contributed by atoms with Crippen LogP contribution < -0.4 is 0 Å². The summed E-state index contributed by atoms with van der Waals surface area (Å²) < 4.78 is 15.5. The van der Waals surface area contributed by atoms with Crippen molar-refractivity contribution in [2.75, 3.05) is 33.4 Å². The molecule has 26 heavy (non-hydrogen) atoms. The second-order valence-electron chi connectivity index (χ2n) is 6.35. The highest BCUT2D eigenvalue weighted by Gasteiger charge is 2.27. The minimum Gasteiger partial charge on any atom is -0.382 e. The molecule has 1 aliphatic rings. The molecule has 3 rings (SSSR count). The number of ether oxygens (including phenoxy) is 2. The highest BCUT2D eigenvalue weighted by molar-refractivity contribution is 5.94. The number of carbonyl (C=O) groups is 1. The number of pyridine rings is 1. The van der Waals surface area contributed by atoms with E-state index in [4.69, 9.17) is 14.0 Å². The van der Waals surface area contributed by atoms with E-state index >= 15 is 0 Å². The lowest BCUT2D eigenvalue weighted by Gasteiger charge is -2.30. The molecule has 2 aromatic heterocycles. The molecule has 0 N–H and O–H groups in total.